The Balaban J connectivity index is 2.42. The van der Waals surface area contributed by atoms with Gasteiger partial charge in [0.2, 0.25) is 10.0 Å². The summed E-state index contributed by atoms with van der Waals surface area (Å²) in [5.74, 6) is -0.605. The van der Waals surface area contributed by atoms with E-state index in [2.05, 4.69) is 0 Å². The van der Waals surface area contributed by atoms with Crippen LogP contribution in [0, 0.1) is 5.82 Å². The van der Waals surface area contributed by atoms with Gasteiger partial charge in [0.15, 0.2) is 0 Å². The minimum Gasteiger partial charge on any atom is -0.398 e. The first kappa shape index (κ1) is 13.0. The van der Waals surface area contributed by atoms with Gasteiger partial charge in [0.1, 0.15) is 10.7 Å². The number of hydrogen-bond donors (Lipinski definition) is 1. The number of halogens is 1. The lowest BCUT2D eigenvalue weighted by Crippen LogP contribution is -2.35. The molecule has 1 aliphatic heterocycles. The Morgan fingerprint density at radius 3 is 2.78 bits per heavy atom. The van der Waals surface area contributed by atoms with E-state index in [1.807, 2.05) is 13.0 Å². The number of nitrogen functional groups attached to an aromatic ring is 1. The van der Waals surface area contributed by atoms with Crippen LogP contribution in [0.2, 0.25) is 0 Å². The molecule has 0 spiro atoms. The van der Waals surface area contributed by atoms with Crippen LogP contribution in [-0.4, -0.2) is 25.8 Å². The van der Waals surface area contributed by atoms with Gasteiger partial charge in [0, 0.05) is 13.1 Å². The zero-order valence-electron chi connectivity index (χ0n) is 10.1. The molecule has 4 nitrogen and oxygen atoms in total. The molecular formula is C12H15FN2O2S. The van der Waals surface area contributed by atoms with Crippen LogP contribution in [-0.2, 0) is 10.0 Å². The van der Waals surface area contributed by atoms with Gasteiger partial charge >= 0.3 is 0 Å². The molecule has 2 rings (SSSR count). The topological polar surface area (TPSA) is 63.4 Å². The number of hydrogen-bond acceptors (Lipinski definition) is 3. The van der Waals surface area contributed by atoms with Crippen LogP contribution in [0.25, 0.3) is 0 Å². The van der Waals surface area contributed by atoms with Crippen LogP contribution in [0.15, 0.2) is 34.7 Å². The molecule has 1 aromatic carbocycles. The summed E-state index contributed by atoms with van der Waals surface area (Å²) in [6, 6.07) is 3.39. The SMILES string of the molecule is CC1=CCCN(S(=O)(=O)c2cc(F)ccc2N)C1. The molecule has 1 aliphatic rings. The Hall–Kier alpha value is -1.40. The fourth-order valence-corrected chi connectivity index (χ4v) is 3.58. The predicted octanol–water partition coefficient (Wildman–Crippen LogP) is 1.75. The van der Waals surface area contributed by atoms with E-state index in [0.717, 1.165) is 17.7 Å². The molecule has 0 amide bonds. The Kier molecular flexibility index (Phi) is 3.41. The molecule has 0 aromatic heterocycles. The third-order valence-electron chi connectivity index (χ3n) is 2.89. The van der Waals surface area contributed by atoms with Crippen LogP contribution >= 0.6 is 0 Å². The van der Waals surface area contributed by atoms with Crippen molar-refractivity contribution in [3.8, 4) is 0 Å². The third kappa shape index (κ3) is 2.39. The van der Waals surface area contributed by atoms with Crippen molar-refractivity contribution < 1.29 is 12.8 Å². The van der Waals surface area contributed by atoms with Crippen LogP contribution in [0.4, 0.5) is 10.1 Å². The summed E-state index contributed by atoms with van der Waals surface area (Å²) in [7, 11) is -3.72. The summed E-state index contributed by atoms with van der Waals surface area (Å²) in [6.07, 6.45) is 2.67. The number of sulfonamides is 1. The summed E-state index contributed by atoms with van der Waals surface area (Å²) < 4.78 is 39.2. The molecule has 0 saturated heterocycles. The summed E-state index contributed by atoms with van der Waals surface area (Å²) in [5, 5.41) is 0. The van der Waals surface area contributed by atoms with E-state index < -0.39 is 15.8 Å². The molecule has 1 aromatic rings. The van der Waals surface area contributed by atoms with Crippen molar-refractivity contribution in [1.82, 2.24) is 4.31 Å². The average molecular weight is 270 g/mol. The van der Waals surface area contributed by atoms with Gasteiger partial charge in [0.25, 0.3) is 0 Å². The highest BCUT2D eigenvalue weighted by Gasteiger charge is 2.28. The van der Waals surface area contributed by atoms with Crippen molar-refractivity contribution in [1.29, 1.82) is 0 Å². The van der Waals surface area contributed by atoms with Gasteiger partial charge in [0.05, 0.1) is 5.69 Å². The van der Waals surface area contributed by atoms with Crippen molar-refractivity contribution >= 4 is 15.7 Å². The van der Waals surface area contributed by atoms with E-state index in [9.17, 15) is 12.8 Å². The Morgan fingerprint density at radius 1 is 1.39 bits per heavy atom. The molecular weight excluding hydrogens is 255 g/mol. The van der Waals surface area contributed by atoms with Gasteiger partial charge < -0.3 is 5.73 Å². The number of benzene rings is 1. The average Bonchev–Trinajstić information content (AvgIpc) is 2.32. The zero-order valence-corrected chi connectivity index (χ0v) is 10.9. The fraction of sp³-hybridized carbons (Fsp3) is 0.333. The normalized spacial score (nSPS) is 17.6. The fourth-order valence-electron chi connectivity index (χ4n) is 1.95. The second kappa shape index (κ2) is 4.70. The van der Waals surface area contributed by atoms with Crippen LogP contribution in [0.3, 0.4) is 0 Å². The first-order valence-corrected chi connectivity index (χ1v) is 7.06. The van der Waals surface area contributed by atoms with E-state index in [0.29, 0.717) is 19.5 Å². The molecule has 0 bridgehead atoms. The molecule has 2 N–H and O–H groups in total. The van der Waals surface area contributed by atoms with Crippen LogP contribution in [0.1, 0.15) is 13.3 Å². The van der Waals surface area contributed by atoms with E-state index in [-0.39, 0.29) is 10.6 Å². The predicted molar refractivity (Wildman–Crippen MR) is 67.9 cm³/mol. The standard InChI is InChI=1S/C12H15FN2O2S/c1-9-3-2-6-15(8-9)18(16,17)12-7-10(13)4-5-11(12)14/h3-5,7H,2,6,8,14H2,1H3. The molecule has 98 valence electrons. The summed E-state index contributed by atoms with van der Waals surface area (Å²) >= 11 is 0. The molecule has 0 saturated carbocycles. The van der Waals surface area contributed by atoms with Gasteiger partial charge in [-0.05, 0) is 31.5 Å². The number of nitrogens with zero attached hydrogens (tertiary/aromatic N) is 1. The van der Waals surface area contributed by atoms with Crippen molar-refractivity contribution in [2.24, 2.45) is 0 Å². The van der Waals surface area contributed by atoms with Gasteiger partial charge in [-0.25, -0.2) is 12.8 Å². The Morgan fingerprint density at radius 2 is 2.11 bits per heavy atom. The zero-order chi connectivity index (χ0) is 13.3. The lowest BCUT2D eigenvalue weighted by molar-refractivity contribution is 0.427. The summed E-state index contributed by atoms with van der Waals surface area (Å²) in [6.45, 7) is 2.60. The summed E-state index contributed by atoms with van der Waals surface area (Å²) in [5.41, 5.74) is 6.69. The number of anilines is 1. The Bertz CT molecular complexity index is 596. The van der Waals surface area contributed by atoms with E-state index in [4.69, 9.17) is 5.73 Å². The molecule has 0 fully saturated rings. The molecule has 0 unspecified atom stereocenters. The largest absolute Gasteiger partial charge is 0.398 e. The first-order chi connectivity index (χ1) is 8.41. The molecule has 18 heavy (non-hydrogen) atoms. The highest BCUT2D eigenvalue weighted by atomic mass is 32.2. The van der Waals surface area contributed by atoms with Crippen molar-refractivity contribution in [3.05, 3.63) is 35.7 Å². The van der Waals surface area contributed by atoms with Gasteiger partial charge in [-0.3, -0.25) is 0 Å². The van der Waals surface area contributed by atoms with Gasteiger partial charge in [-0.15, -0.1) is 0 Å². The molecule has 0 atom stereocenters. The van der Waals surface area contributed by atoms with E-state index in [1.54, 1.807) is 0 Å². The van der Waals surface area contributed by atoms with Crippen molar-refractivity contribution in [2.75, 3.05) is 18.8 Å². The summed E-state index contributed by atoms with van der Waals surface area (Å²) in [4.78, 5) is -0.155. The molecule has 6 heteroatoms. The maximum atomic E-state index is 13.2. The second-order valence-electron chi connectivity index (χ2n) is 4.36. The quantitative estimate of drug-likeness (QED) is 0.658. The molecule has 0 radical (unpaired) electrons. The van der Waals surface area contributed by atoms with Crippen molar-refractivity contribution in [2.45, 2.75) is 18.2 Å². The highest BCUT2D eigenvalue weighted by molar-refractivity contribution is 7.89. The molecule has 0 aliphatic carbocycles. The van der Waals surface area contributed by atoms with Gasteiger partial charge in [-0.1, -0.05) is 11.6 Å². The number of rotatable bonds is 2. The highest BCUT2D eigenvalue weighted by Crippen LogP contribution is 2.25. The number of nitrogens with two attached hydrogens (primary N) is 1. The third-order valence-corrected chi connectivity index (χ3v) is 4.79. The van der Waals surface area contributed by atoms with Crippen molar-refractivity contribution in [3.63, 3.8) is 0 Å². The lowest BCUT2D eigenvalue weighted by atomic mass is 10.2. The van der Waals surface area contributed by atoms with Gasteiger partial charge in [-0.2, -0.15) is 4.31 Å². The smallest absolute Gasteiger partial charge is 0.245 e. The monoisotopic (exact) mass is 270 g/mol. The lowest BCUT2D eigenvalue weighted by Gasteiger charge is -2.25. The van der Waals surface area contributed by atoms with Crippen LogP contribution < -0.4 is 5.73 Å². The maximum Gasteiger partial charge on any atom is 0.245 e. The minimum absolute atomic E-state index is 0.0728. The van der Waals surface area contributed by atoms with E-state index >= 15 is 0 Å². The van der Waals surface area contributed by atoms with Crippen LogP contribution in [0.5, 0.6) is 0 Å². The maximum absolute atomic E-state index is 13.2. The minimum atomic E-state index is -3.72. The second-order valence-corrected chi connectivity index (χ2v) is 6.27. The van der Waals surface area contributed by atoms with E-state index in [1.165, 1.54) is 10.4 Å². The molecule has 1 heterocycles. The first-order valence-electron chi connectivity index (χ1n) is 5.62. The Labute approximate surface area is 106 Å².